The molecule has 0 radical (unpaired) electrons. The first kappa shape index (κ1) is 19.0. The van der Waals surface area contributed by atoms with Crippen LogP contribution in [0.5, 0.6) is 0 Å². The van der Waals surface area contributed by atoms with E-state index >= 15 is 0 Å². The molecule has 5 heteroatoms. The number of allylic oxidation sites excluding steroid dienone is 4. The minimum Gasteiger partial charge on any atom is -0.497 e. The summed E-state index contributed by atoms with van der Waals surface area (Å²) in [4.78, 5) is 18.7. The van der Waals surface area contributed by atoms with Crippen LogP contribution in [0.1, 0.15) is 42.9 Å². The summed E-state index contributed by atoms with van der Waals surface area (Å²) in [7, 11) is 3.32. The highest BCUT2D eigenvalue weighted by Gasteiger charge is 2.42. The average molecular weight is 365 g/mol. The number of amides is 1. The molecule has 142 valence electrons. The zero-order valence-corrected chi connectivity index (χ0v) is 16.3. The molecular weight excluding hydrogens is 338 g/mol. The van der Waals surface area contributed by atoms with Gasteiger partial charge in [0, 0.05) is 7.05 Å². The lowest BCUT2D eigenvalue weighted by molar-refractivity contribution is -0.128. The third-order valence-electron chi connectivity index (χ3n) is 5.47. The predicted octanol–water partition coefficient (Wildman–Crippen LogP) is 3.51. The Balaban J connectivity index is 2.08. The molecule has 1 aromatic carbocycles. The maximum Gasteiger partial charge on any atom is 0.231 e. The van der Waals surface area contributed by atoms with Crippen LogP contribution in [-0.4, -0.2) is 30.9 Å². The van der Waals surface area contributed by atoms with Crippen LogP contribution in [0.25, 0.3) is 5.57 Å². The van der Waals surface area contributed by atoms with E-state index in [0.717, 1.165) is 41.7 Å². The molecule has 3 rings (SSSR count). The summed E-state index contributed by atoms with van der Waals surface area (Å²) >= 11 is 0. The number of hydrogen-bond acceptors (Lipinski definition) is 4. The summed E-state index contributed by atoms with van der Waals surface area (Å²) in [6.07, 6.45) is 8.71. The van der Waals surface area contributed by atoms with Gasteiger partial charge in [-0.1, -0.05) is 24.8 Å². The molecule has 2 aliphatic rings. The van der Waals surface area contributed by atoms with Crippen molar-refractivity contribution in [2.45, 2.75) is 38.1 Å². The van der Waals surface area contributed by atoms with E-state index in [1.807, 2.05) is 19.1 Å². The van der Waals surface area contributed by atoms with Gasteiger partial charge in [0.05, 0.1) is 19.1 Å². The molecule has 1 spiro atoms. The highest BCUT2D eigenvalue weighted by atomic mass is 16.5. The summed E-state index contributed by atoms with van der Waals surface area (Å²) in [6, 6.07) is 6.44. The van der Waals surface area contributed by atoms with E-state index in [2.05, 4.69) is 24.8 Å². The fourth-order valence-electron chi connectivity index (χ4n) is 3.90. The summed E-state index contributed by atoms with van der Waals surface area (Å²) < 4.78 is 5.37. The molecule has 5 nitrogen and oxygen atoms in total. The topological polar surface area (TPSA) is 67.9 Å². The highest BCUT2D eigenvalue weighted by molar-refractivity contribution is 5.99. The first-order valence-electron chi connectivity index (χ1n) is 9.21. The van der Waals surface area contributed by atoms with Crippen molar-refractivity contribution >= 4 is 17.4 Å². The average Bonchev–Trinajstić information content (AvgIpc) is 2.65. The molecule has 1 atom stereocenters. The van der Waals surface area contributed by atoms with Crippen LogP contribution in [0.2, 0.25) is 0 Å². The molecule has 0 saturated heterocycles. The maximum atomic E-state index is 12.5. The number of fused-ring (bicyclic) bond motifs is 2. The molecule has 0 fully saturated rings. The Bertz CT molecular complexity index is 866. The number of carbonyl (C=O) groups is 1. The lowest BCUT2D eigenvalue weighted by Gasteiger charge is -2.40. The van der Waals surface area contributed by atoms with Crippen molar-refractivity contribution < 1.29 is 9.53 Å². The maximum absolute atomic E-state index is 12.5. The van der Waals surface area contributed by atoms with Crippen LogP contribution in [0, 0.1) is 0 Å². The predicted molar refractivity (Wildman–Crippen MR) is 109 cm³/mol. The molecule has 1 heterocycles. The molecule has 1 aliphatic heterocycles. The zero-order valence-electron chi connectivity index (χ0n) is 16.3. The first-order chi connectivity index (χ1) is 12.9. The number of rotatable bonds is 4. The fraction of sp³-hybridized carbons (Fsp3) is 0.364. The number of methoxy groups -OCH3 is 1. The summed E-state index contributed by atoms with van der Waals surface area (Å²) in [6.45, 7) is 5.76. The standard InChI is InChI=1S/C22H27N3O2/c1-5-7-18(27-4)12-15(2)17-10-9-16-8-6-11-22(19(16)13-17)14-20(26)25(3)21(23)24-22/h5,7,9-10,12-13H,1,6,8,11,14H2,2-4H3,(H2,23,24)/b15-12+,18-7+/t22-/m0/s1. The van der Waals surface area contributed by atoms with Crippen LogP contribution in [0.3, 0.4) is 0 Å². The van der Waals surface area contributed by atoms with Crippen molar-refractivity contribution in [2.24, 2.45) is 10.7 Å². The lowest BCUT2D eigenvalue weighted by atomic mass is 9.73. The second kappa shape index (κ2) is 7.43. The van der Waals surface area contributed by atoms with E-state index in [4.69, 9.17) is 15.5 Å². The van der Waals surface area contributed by atoms with Crippen LogP contribution >= 0.6 is 0 Å². The van der Waals surface area contributed by atoms with Gasteiger partial charge in [-0.25, -0.2) is 4.99 Å². The number of aliphatic imine (C=N–C) groups is 1. The molecule has 0 bridgehead atoms. The summed E-state index contributed by atoms with van der Waals surface area (Å²) in [5, 5.41) is 0. The number of nitrogens with zero attached hydrogens (tertiary/aromatic N) is 2. The van der Waals surface area contributed by atoms with E-state index in [9.17, 15) is 4.79 Å². The fourth-order valence-corrected chi connectivity index (χ4v) is 3.90. The van der Waals surface area contributed by atoms with Crippen molar-refractivity contribution in [2.75, 3.05) is 14.2 Å². The Kier molecular flexibility index (Phi) is 5.22. The van der Waals surface area contributed by atoms with E-state index in [-0.39, 0.29) is 5.91 Å². The van der Waals surface area contributed by atoms with Gasteiger partial charge in [-0.2, -0.15) is 0 Å². The van der Waals surface area contributed by atoms with Crippen LogP contribution in [0.4, 0.5) is 0 Å². The number of benzene rings is 1. The van der Waals surface area contributed by atoms with Gasteiger partial charge < -0.3 is 10.5 Å². The summed E-state index contributed by atoms with van der Waals surface area (Å²) in [5.74, 6) is 1.06. The molecule has 0 unspecified atom stereocenters. The molecule has 1 aliphatic carbocycles. The SMILES string of the molecule is C=C/C=C(\C=C(/C)c1ccc2c(c1)[C@]1(CCC2)CC(=O)N(C)C(N)=N1)OC. The Morgan fingerprint density at radius 2 is 2.22 bits per heavy atom. The van der Waals surface area contributed by atoms with Gasteiger partial charge in [-0.15, -0.1) is 0 Å². The normalized spacial score (nSPS) is 23.1. The van der Waals surface area contributed by atoms with E-state index < -0.39 is 5.54 Å². The molecular formula is C22H27N3O2. The van der Waals surface area contributed by atoms with Crippen LogP contribution < -0.4 is 5.73 Å². The Labute approximate surface area is 160 Å². The largest absolute Gasteiger partial charge is 0.497 e. The van der Waals surface area contributed by atoms with Gasteiger partial charge in [-0.05, 0) is 66.7 Å². The van der Waals surface area contributed by atoms with Gasteiger partial charge in [0.25, 0.3) is 0 Å². The molecule has 1 aromatic rings. The number of guanidine groups is 1. The third kappa shape index (κ3) is 3.54. The van der Waals surface area contributed by atoms with E-state index in [0.29, 0.717) is 12.4 Å². The molecule has 2 N–H and O–H groups in total. The quantitative estimate of drug-likeness (QED) is 0.656. The number of aryl methyl sites for hydroxylation is 1. The second-order valence-corrected chi connectivity index (χ2v) is 7.19. The van der Waals surface area contributed by atoms with Gasteiger partial charge in [0.15, 0.2) is 5.96 Å². The van der Waals surface area contributed by atoms with Gasteiger partial charge in [0.1, 0.15) is 5.76 Å². The van der Waals surface area contributed by atoms with Gasteiger partial charge in [0.2, 0.25) is 5.91 Å². The number of carbonyl (C=O) groups excluding carboxylic acids is 1. The number of ether oxygens (including phenoxy) is 1. The zero-order chi connectivity index (χ0) is 19.6. The van der Waals surface area contributed by atoms with Crippen molar-refractivity contribution in [1.82, 2.24) is 4.90 Å². The monoisotopic (exact) mass is 365 g/mol. The van der Waals surface area contributed by atoms with E-state index in [1.165, 1.54) is 10.5 Å². The minimum atomic E-state index is -0.543. The van der Waals surface area contributed by atoms with Crippen LogP contribution in [0.15, 0.2) is 53.8 Å². The van der Waals surface area contributed by atoms with E-state index in [1.54, 1.807) is 20.2 Å². The Morgan fingerprint density at radius 3 is 2.89 bits per heavy atom. The summed E-state index contributed by atoms with van der Waals surface area (Å²) in [5.41, 5.74) is 10.0. The second-order valence-electron chi connectivity index (χ2n) is 7.19. The number of nitrogens with two attached hydrogens (primary N) is 1. The minimum absolute atomic E-state index is 0.0172. The molecule has 0 saturated carbocycles. The third-order valence-corrected chi connectivity index (χ3v) is 5.47. The lowest BCUT2D eigenvalue weighted by Crippen LogP contribution is -2.49. The van der Waals surface area contributed by atoms with Crippen molar-refractivity contribution in [1.29, 1.82) is 0 Å². The van der Waals surface area contributed by atoms with Crippen molar-refractivity contribution in [3.05, 3.63) is 65.5 Å². The molecule has 0 aromatic heterocycles. The first-order valence-corrected chi connectivity index (χ1v) is 9.21. The highest BCUT2D eigenvalue weighted by Crippen LogP contribution is 2.44. The van der Waals surface area contributed by atoms with Gasteiger partial charge in [-0.3, -0.25) is 9.69 Å². The Morgan fingerprint density at radius 1 is 1.44 bits per heavy atom. The van der Waals surface area contributed by atoms with Crippen molar-refractivity contribution in [3.63, 3.8) is 0 Å². The molecule has 1 amide bonds. The Hall–Kier alpha value is -2.82. The smallest absolute Gasteiger partial charge is 0.231 e. The van der Waals surface area contributed by atoms with Crippen LogP contribution in [-0.2, 0) is 21.5 Å². The number of hydrogen-bond donors (Lipinski definition) is 1. The van der Waals surface area contributed by atoms with Crippen molar-refractivity contribution in [3.8, 4) is 0 Å². The van der Waals surface area contributed by atoms with Gasteiger partial charge >= 0.3 is 0 Å². The molecule has 27 heavy (non-hydrogen) atoms.